The second kappa shape index (κ2) is 4.61. The first kappa shape index (κ1) is 12.9. The van der Waals surface area contributed by atoms with Gasteiger partial charge < -0.3 is 16.2 Å². The Balaban J connectivity index is 2.02. The zero-order chi connectivity index (χ0) is 13.3. The summed E-state index contributed by atoms with van der Waals surface area (Å²) in [5, 5.41) is 11.6. The Hall–Kier alpha value is -1.56. The predicted octanol–water partition coefficient (Wildman–Crippen LogP) is 1.63. The van der Waals surface area contributed by atoms with Gasteiger partial charge in [-0.15, -0.1) is 0 Å². The van der Waals surface area contributed by atoms with Crippen LogP contribution >= 0.6 is 15.9 Å². The number of rotatable bonds is 4. The fourth-order valence-corrected chi connectivity index (χ4v) is 2.22. The highest BCUT2D eigenvalue weighted by Gasteiger charge is 2.50. The van der Waals surface area contributed by atoms with Gasteiger partial charge in [0, 0.05) is 22.3 Å². The van der Waals surface area contributed by atoms with Gasteiger partial charge in [-0.05, 0) is 31.0 Å². The third-order valence-electron chi connectivity index (χ3n) is 3.08. The normalized spacial score (nSPS) is 16.1. The molecule has 2 rings (SSSR count). The van der Waals surface area contributed by atoms with Gasteiger partial charge in [0.1, 0.15) is 0 Å². The monoisotopic (exact) mass is 312 g/mol. The Morgan fingerprint density at radius 3 is 2.56 bits per heavy atom. The molecule has 0 bridgehead atoms. The lowest BCUT2D eigenvalue weighted by atomic mass is 10.1. The summed E-state index contributed by atoms with van der Waals surface area (Å²) in [5.41, 5.74) is 5.78. The van der Waals surface area contributed by atoms with E-state index in [1.165, 1.54) is 0 Å². The predicted molar refractivity (Wildman–Crippen MR) is 70.2 cm³/mol. The zero-order valence-corrected chi connectivity index (χ0v) is 11.2. The van der Waals surface area contributed by atoms with Gasteiger partial charge in [-0.25, -0.2) is 0 Å². The molecule has 5 nitrogen and oxygen atoms in total. The number of carbonyl (C=O) groups is 2. The molecule has 0 heterocycles. The van der Waals surface area contributed by atoms with E-state index in [9.17, 15) is 9.59 Å². The number of aliphatic carboxylic acids is 1. The Morgan fingerprint density at radius 2 is 2.06 bits per heavy atom. The molecule has 0 atom stereocenters. The summed E-state index contributed by atoms with van der Waals surface area (Å²) < 4.78 is 0.715. The summed E-state index contributed by atoms with van der Waals surface area (Å²) >= 11 is 3.25. The number of carboxylic acids is 1. The maximum absolute atomic E-state index is 11.9. The highest BCUT2D eigenvalue weighted by atomic mass is 79.9. The first-order valence-corrected chi connectivity index (χ1v) is 6.30. The summed E-state index contributed by atoms with van der Waals surface area (Å²) in [4.78, 5) is 22.8. The quantitative estimate of drug-likeness (QED) is 0.737. The number of nitrogens with one attached hydrogen (secondary N) is 1. The van der Waals surface area contributed by atoms with Crippen molar-refractivity contribution in [1.82, 2.24) is 5.32 Å². The second-order valence-corrected chi connectivity index (χ2v) is 5.46. The van der Waals surface area contributed by atoms with Crippen LogP contribution in [0.1, 0.15) is 23.2 Å². The number of nitrogens with two attached hydrogens (primary N) is 1. The molecule has 6 heteroatoms. The van der Waals surface area contributed by atoms with Crippen molar-refractivity contribution in [3.05, 3.63) is 28.2 Å². The lowest BCUT2D eigenvalue weighted by Crippen LogP contribution is -2.34. The van der Waals surface area contributed by atoms with Crippen molar-refractivity contribution in [2.75, 3.05) is 12.3 Å². The van der Waals surface area contributed by atoms with E-state index in [1.54, 1.807) is 18.2 Å². The van der Waals surface area contributed by atoms with Crippen molar-refractivity contribution in [1.29, 1.82) is 0 Å². The van der Waals surface area contributed by atoms with Gasteiger partial charge in [0.15, 0.2) is 0 Å². The first-order valence-electron chi connectivity index (χ1n) is 5.51. The van der Waals surface area contributed by atoms with Crippen LogP contribution < -0.4 is 11.1 Å². The minimum atomic E-state index is -0.850. The molecule has 4 N–H and O–H groups in total. The summed E-state index contributed by atoms with van der Waals surface area (Å²) in [5.74, 6) is -1.16. The zero-order valence-electron chi connectivity index (χ0n) is 9.57. The molecule has 1 saturated carbocycles. The van der Waals surface area contributed by atoms with E-state index in [4.69, 9.17) is 10.8 Å². The summed E-state index contributed by atoms with van der Waals surface area (Å²) in [7, 11) is 0. The topological polar surface area (TPSA) is 92.4 Å². The molecule has 0 unspecified atom stereocenters. The number of benzene rings is 1. The van der Waals surface area contributed by atoms with E-state index in [0.29, 0.717) is 28.6 Å². The Kier molecular flexibility index (Phi) is 3.30. The number of carboxylic acid groups (broad SMARTS) is 1. The van der Waals surface area contributed by atoms with Crippen LogP contribution in [0, 0.1) is 5.41 Å². The standard InChI is InChI=1S/C12H13BrN2O3/c13-8-3-7(4-9(14)5-8)10(16)15-6-12(1-2-12)11(17)18/h3-5H,1-2,6,14H2,(H,15,16)(H,17,18). The van der Waals surface area contributed by atoms with E-state index >= 15 is 0 Å². The van der Waals surface area contributed by atoms with Crippen molar-refractivity contribution >= 4 is 33.5 Å². The molecule has 1 amide bonds. The largest absolute Gasteiger partial charge is 0.481 e. The molecule has 0 radical (unpaired) electrons. The third kappa shape index (κ3) is 2.64. The summed E-state index contributed by atoms with van der Waals surface area (Å²) in [6.45, 7) is 0.160. The highest BCUT2D eigenvalue weighted by Crippen LogP contribution is 2.45. The van der Waals surface area contributed by atoms with Crippen molar-refractivity contribution in [2.24, 2.45) is 5.41 Å². The Morgan fingerprint density at radius 1 is 1.39 bits per heavy atom. The molecule has 18 heavy (non-hydrogen) atoms. The number of anilines is 1. The van der Waals surface area contributed by atoms with Gasteiger partial charge >= 0.3 is 5.97 Å². The fourth-order valence-electron chi connectivity index (χ4n) is 1.71. The van der Waals surface area contributed by atoms with Gasteiger partial charge in [0.25, 0.3) is 5.91 Å². The number of hydrogen-bond donors (Lipinski definition) is 3. The van der Waals surface area contributed by atoms with Crippen LogP contribution in [0.4, 0.5) is 5.69 Å². The van der Waals surface area contributed by atoms with Gasteiger partial charge in [-0.1, -0.05) is 15.9 Å². The van der Waals surface area contributed by atoms with Crippen LogP contribution in [-0.4, -0.2) is 23.5 Å². The lowest BCUT2D eigenvalue weighted by molar-refractivity contribution is -0.143. The number of nitrogen functional groups attached to an aromatic ring is 1. The Labute approximate surface area is 112 Å². The van der Waals surface area contributed by atoms with Crippen LogP contribution in [0.5, 0.6) is 0 Å². The third-order valence-corrected chi connectivity index (χ3v) is 3.53. The molecule has 0 aliphatic heterocycles. The minimum absolute atomic E-state index is 0.160. The minimum Gasteiger partial charge on any atom is -0.481 e. The maximum atomic E-state index is 11.9. The van der Waals surface area contributed by atoms with Gasteiger partial charge in [-0.2, -0.15) is 0 Å². The molecule has 0 aromatic heterocycles. The van der Waals surface area contributed by atoms with Crippen molar-refractivity contribution in [2.45, 2.75) is 12.8 Å². The molecule has 1 aliphatic carbocycles. The van der Waals surface area contributed by atoms with Crippen molar-refractivity contribution < 1.29 is 14.7 Å². The summed E-state index contributed by atoms with van der Waals surface area (Å²) in [6, 6.07) is 4.89. The van der Waals surface area contributed by atoms with Crippen molar-refractivity contribution in [3.63, 3.8) is 0 Å². The van der Waals surface area contributed by atoms with Crippen LogP contribution in [0.3, 0.4) is 0 Å². The first-order chi connectivity index (χ1) is 8.43. The average molecular weight is 313 g/mol. The van der Waals surface area contributed by atoms with E-state index in [2.05, 4.69) is 21.2 Å². The van der Waals surface area contributed by atoms with E-state index in [0.717, 1.165) is 0 Å². The van der Waals surface area contributed by atoms with Gasteiger partial charge in [-0.3, -0.25) is 9.59 Å². The number of amides is 1. The van der Waals surface area contributed by atoms with Gasteiger partial charge in [0.2, 0.25) is 0 Å². The lowest BCUT2D eigenvalue weighted by Gasteiger charge is -2.11. The molecule has 0 saturated heterocycles. The van der Waals surface area contributed by atoms with Crippen molar-refractivity contribution in [3.8, 4) is 0 Å². The van der Waals surface area contributed by atoms with Crippen LogP contribution in [-0.2, 0) is 4.79 Å². The summed E-state index contributed by atoms with van der Waals surface area (Å²) in [6.07, 6.45) is 1.23. The molecule has 96 valence electrons. The van der Waals surface area contributed by atoms with E-state index in [-0.39, 0.29) is 12.5 Å². The number of carbonyl (C=O) groups excluding carboxylic acids is 1. The molecule has 1 aromatic carbocycles. The molecule has 1 fully saturated rings. The number of halogens is 1. The highest BCUT2D eigenvalue weighted by molar-refractivity contribution is 9.10. The van der Waals surface area contributed by atoms with Gasteiger partial charge in [0.05, 0.1) is 5.41 Å². The molecule has 0 spiro atoms. The van der Waals surface area contributed by atoms with Crippen LogP contribution in [0.25, 0.3) is 0 Å². The van der Waals surface area contributed by atoms with E-state index in [1.807, 2.05) is 0 Å². The molecule has 1 aromatic rings. The molecule has 1 aliphatic rings. The molecular weight excluding hydrogens is 300 g/mol. The maximum Gasteiger partial charge on any atom is 0.311 e. The smallest absolute Gasteiger partial charge is 0.311 e. The van der Waals surface area contributed by atoms with E-state index < -0.39 is 11.4 Å². The Bertz CT molecular complexity index is 492. The SMILES string of the molecule is Nc1cc(Br)cc(C(=O)NCC2(C(=O)O)CC2)c1. The van der Waals surface area contributed by atoms with Crippen LogP contribution in [0.15, 0.2) is 22.7 Å². The average Bonchev–Trinajstić information content (AvgIpc) is 3.05. The molecular formula is C12H13BrN2O3. The van der Waals surface area contributed by atoms with Crippen LogP contribution in [0.2, 0.25) is 0 Å². The second-order valence-electron chi connectivity index (χ2n) is 4.54. The number of hydrogen-bond acceptors (Lipinski definition) is 3. The fraction of sp³-hybridized carbons (Fsp3) is 0.333.